The van der Waals surface area contributed by atoms with E-state index in [1.807, 2.05) is 0 Å². The van der Waals surface area contributed by atoms with Gasteiger partial charge in [0, 0.05) is 0 Å². The van der Waals surface area contributed by atoms with Crippen LogP contribution >= 0.6 is 0 Å². The fourth-order valence-corrected chi connectivity index (χ4v) is 4.90. The number of hydrogen-bond acceptors (Lipinski definition) is 5. The molecule has 0 amide bonds. The molecule has 0 saturated carbocycles. The van der Waals surface area contributed by atoms with Gasteiger partial charge in [-0.05, 0) is 19.6 Å². The van der Waals surface area contributed by atoms with Crippen molar-refractivity contribution in [2.24, 2.45) is 0 Å². The first-order valence-electron chi connectivity index (χ1n) is 9.45. The maximum absolute atomic E-state index is 13.2. The fraction of sp³-hybridized carbons (Fsp3) is 1.00. The van der Waals surface area contributed by atoms with Crippen LogP contribution in [-0.4, -0.2) is 87.9 Å². The largest absolute Gasteiger partial charge is 0.460 e. The quantitative estimate of drug-likeness (QED) is 0.294. The zero-order valence-electron chi connectivity index (χ0n) is 19.3. The maximum Gasteiger partial charge on any atom is 0.460 e. The second-order valence-electron chi connectivity index (χ2n) is 7.04. The molecule has 0 saturated heterocycles. The molecule has 0 spiro atoms. The van der Waals surface area contributed by atoms with Gasteiger partial charge in [0.1, 0.15) is 0 Å². The molecule has 0 rings (SSSR count). The lowest BCUT2D eigenvalue weighted by Gasteiger charge is -2.34. The molecule has 40 heavy (non-hydrogen) atoms. The fourth-order valence-electron chi connectivity index (χ4n) is 1.98. The Kier molecular flexibility index (Phi) is 11.9. The number of halogens is 18. The van der Waals surface area contributed by atoms with Crippen LogP contribution in [0.3, 0.4) is 0 Å². The van der Waals surface area contributed by atoms with E-state index in [0.29, 0.717) is 0 Å². The molecule has 0 aliphatic rings. The standard InChI is InChI=1S/C8HF18NO4S2.C6H15N/c9-1(10,5(17,18)19)3(13,14)7(23,24)32(28,29)27-33(30,31)8(25,26)4(15,16)2(11,12)6(20,21)22;1-4-7(5-2)6-3/h27H;4-6H2,1-3H3. The summed E-state index contributed by atoms with van der Waals surface area (Å²) >= 11 is 0. The highest BCUT2D eigenvalue weighted by molar-refractivity contribution is 8.05. The van der Waals surface area contributed by atoms with Crippen LogP contribution in [0, 0.1) is 0 Å². The molecule has 0 bridgehead atoms. The maximum atomic E-state index is 13.2. The van der Waals surface area contributed by atoms with Crippen LogP contribution in [0.25, 0.3) is 0 Å². The van der Waals surface area contributed by atoms with Crippen molar-refractivity contribution in [2.75, 3.05) is 19.6 Å². The van der Waals surface area contributed by atoms with Crippen LogP contribution in [0.2, 0.25) is 0 Å². The number of rotatable bonds is 11. The van der Waals surface area contributed by atoms with Crippen LogP contribution < -0.4 is 4.13 Å². The van der Waals surface area contributed by atoms with Crippen molar-refractivity contribution in [1.29, 1.82) is 0 Å². The lowest BCUT2D eigenvalue weighted by Crippen LogP contribution is -2.68. The van der Waals surface area contributed by atoms with Crippen molar-refractivity contribution in [2.45, 2.75) is 67.3 Å². The Hall–Kier alpha value is -1.44. The molecule has 0 aliphatic heterocycles. The molecule has 0 aromatic carbocycles. The Morgan fingerprint density at radius 3 is 0.775 bits per heavy atom. The molecule has 1 N–H and O–H groups in total. The molecule has 6 nitrogen and oxygen atoms in total. The molecule has 0 atom stereocenters. The van der Waals surface area contributed by atoms with Gasteiger partial charge in [-0.3, -0.25) is 0 Å². The summed E-state index contributed by atoms with van der Waals surface area (Å²) in [7, 11) is -17.4. The van der Waals surface area contributed by atoms with Gasteiger partial charge in [0.2, 0.25) is 0 Å². The molecule has 26 heteroatoms. The van der Waals surface area contributed by atoms with E-state index in [0.717, 1.165) is 0 Å². The minimum atomic E-state index is -8.68. The zero-order valence-corrected chi connectivity index (χ0v) is 21.0. The smallest absolute Gasteiger partial charge is 0.304 e. The Morgan fingerprint density at radius 1 is 0.450 bits per heavy atom. The summed E-state index contributed by atoms with van der Waals surface area (Å²) in [6.07, 6.45) is -15.5. The normalized spacial score (nSPS) is 15.7. The van der Waals surface area contributed by atoms with Crippen LogP contribution in [-0.2, 0) is 20.0 Å². The van der Waals surface area contributed by atoms with Crippen molar-refractivity contribution in [3.05, 3.63) is 0 Å². The molecular formula is C14H16F18N2O4S2. The molecule has 0 unspecified atom stereocenters. The molecule has 244 valence electrons. The van der Waals surface area contributed by atoms with Crippen molar-refractivity contribution in [1.82, 2.24) is 9.03 Å². The average molecular weight is 682 g/mol. The number of sulfonamides is 2. The van der Waals surface area contributed by atoms with Gasteiger partial charge in [0.25, 0.3) is 20.0 Å². The van der Waals surface area contributed by atoms with Crippen LogP contribution in [0.1, 0.15) is 20.8 Å². The molecule has 0 heterocycles. The second-order valence-corrected chi connectivity index (χ2v) is 10.7. The van der Waals surface area contributed by atoms with Gasteiger partial charge < -0.3 is 4.90 Å². The molecule has 0 radical (unpaired) electrons. The van der Waals surface area contributed by atoms with Crippen molar-refractivity contribution in [3.63, 3.8) is 0 Å². The number of alkyl halides is 18. The monoisotopic (exact) mass is 682 g/mol. The summed E-state index contributed by atoms with van der Waals surface area (Å²) in [5.41, 5.74) is 0. The van der Waals surface area contributed by atoms with E-state index in [-0.39, 0.29) is 0 Å². The van der Waals surface area contributed by atoms with E-state index < -0.39 is 70.7 Å². The minimum absolute atomic E-state index is 1.19. The Labute approximate surface area is 212 Å². The van der Waals surface area contributed by atoms with Crippen LogP contribution in [0.15, 0.2) is 0 Å². The highest BCUT2D eigenvalue weighted by Gasteiger charge is 2.88. The average Bonchev–Trinajstić information content (AvgIpc) is 2.72. The number of hydrogen-bond donors (Lipinski definition) is 1. The lowest BCUT2D eigenvalue weighted by molar-refractivity contribution is -0.382. The predicted octanol–water partition coefficient (Wildman–Crippen LogP) is 5.44. The van der Waals surface area contributed by atoms with E-state index >= 15 is 0 Å². The van der Waals surface area contributed by atoms with Gasteiger partial charge in [0.05, 0.1) is 0 Å². The topological polar surface area (TPSA) is 83.6 Å². The molecule has 0 aromatic rings. The lowest BCUT2D eigenvalue weighted by atomic mass is 10.1. The van der Waals surface area contributed by atoms with Gasteiger partial charge >= 0.3 is 46.6 Å². The second kappa shape index (κ2) is 11.7. The van der Waals surface area contributed by atoms with Gasteiger partial charge in [-0.1, -0.05) is 24.9 Å². The van der Waals surface area contributed by atoms with Crippen molar-refractivity contribution < 1.29 is 95.9 Å². The predicted molar refractivity (Wildman–Crippen MR) is 96.2 cm³/mol. The van der Waals surface area contributed by atoms with Gasteiger partial charge in [-0.25, -0.2) is 16.8 Å². The number of nitrogens with zero attached hydrogens (tertiary/aromatic N) is 1. The SMILES string of the molecule is CCN(CC)CC.O=S(=O)(NS(=O)(=O)C(F)(F)C(F)(F)C(F)(F)C(F)(F)F)C(F)(F)C(F)(F)C(F)(F)C(F)(F)F. The van der Waals surface area contributed by atoms with E-state index in [9.17, 15) is 95.9 Å². The van der Waals surface area contributed by atoms with Gasteiger partial charge in [-0.15, -0.1) is 0 Å². The van der Waals surface area contributed by atoms with E-state index in [2.05, 4.69) is 25.7 Å². The summed E-state index contributed by atoms with van der Waals surface area (Å²) < 4.78 is 268. The Bertz CT molecular complexity index is 980. The first-order valence-corrected chi connectivity index (χ1v) is 12.4. The Balaban J connectivity index is 0. The first-order chi connectivity index (χ1) is 17.1. The third-order valence-electron chi connectivity index (χ3n) is 4.47. The third-order valence-corrected chi connectivity index (χ3v) is 8.09. The molecular weight excluding hydrogens is 666 g/mol. The Morgan fingerprint density at radius 2 is 0.650 bits per heavy atom. The summed E-state index contributed by atoms with van der Waals surface area (Å²) in [6.45, 7) is 10.1. The summed E-state index contributed by atoms with van der Waals surface area (Å²) in [5.74, 6) is -32.9. The summed E-state index contributed by atoms with van der Waals surface area (Å²) in [4.78, 5) is 2.38. The minimum Gasteiger partial charge on any atom is -0.304 e. The summed E-state index contributed by atoms with van der Waals surface area (Å²) in [5, 5.41) is -16.3. The van der Waals surface area contributed by atoms with E-state index in [1.165, 1.54) is 19.6 Å². The highest BCUT2D eigenvalue weighted by Crippen LogP contribution is 2.56. The van der Waals surface area contributed by atoms with Gasteiger partial charge in [-0.2, -0.15) is 79.0 Å². The van der Waals surface area contributed by atoms with Crippen LogP contribution in [0.5, 0.6) is 0 Å². The first kappa shape index (κ1) is 40.7. The van der Waals surface area contributed by atoms with E-state index in [1.54, 1.807) is 0 Å². The van der Waals surface area contributed by atoms with Crippen molar-refractivity contribution >= 4 is 20.0 Å². The van der Waals surface area contributed by atoms with E-state index in [4.69, 9.17) is 0 Å². The van der Waals surface area contributed by atoms with Crippen LogP contribution in [0.4, 0.5) is 79.0 Å². The summed E-state index contributed by atoms with van der Waals surface area (Å²) in [6, 6.07) is 0. The van der Waals surface area contributed by atoms with Gasteiger partial charge in [0.15, 0.2) is 0 Å². The third kappa shape index (κ3) is 6.78. The number of nitrogens with one attached hydrogen (secondary N) is 1. The van der Waals surface area contributed by atoms with Crippen molar-refractivity contribution in [3.8, 4) is 0 Å². The molecule has 0 aromatic heterocycles. The molecule has 0 fully saturated rings. The molecule has 0 aliphatic carbocycles. The zero-order chi connectivity index (χ0) is 33.4. The highest BCUT2D eigenvalue weighted by atomic mass is 32.3.